The number of amidine groups is 1. The number of methoxy groups -OCH3 is 1. The molecule has 148 valence electrons. The third-order valence-corrected chi connectivity index (χ3v) is 5.68. The predicted molar refractivity (Wildman–Crippen MR) is 111 cm³/mol. The number of halogens is 1. The van der Waals surface area contributed by atoms with E-state index in [4.69, 9.17) is 21.1 Å². The number of ether oxygens (including phenoxy) is 3. The lowest BCUT2D eigenvalue weighted by atomic mass is 10.2. The summed E-state index contributed by atoms with van der Waals surface area (Å²) in [6, 6.07) is 10.0. The van der Waals surface area contributed by atoms with E-state index in [1.165, 1.54) is 23.8 Å². The van der Waals surface area contributed by atoms with E-state index < -0.39 is 5.97 Å². The molecule has 29 heavy (non-hydrogen) atoms. The number of esters is 1. The third-order valence-electron chi connectivity index (χ3n) is 4.30. The number of hydrogen-bond donors (Lipinski definition) is 0. The van der Waals surface area contributed by atoms with Crippen LogP contribution >= 0.6 is 23.4 Å². The van der Waals surface area contributed by atoms with Crippen LogP contribution in [0.15, 0.2) is 46.3 Å². The highest BCUT2D eigenvalue weighted by molar-refractivity contribution is 8.18. The number of amides is 1. The van der Waals surface area contributed by atoms with Crippen LogP contribution in [0.25, 0.3) is 6.08 Å². The van der Waals surface area contributed by atoms with Gasteiger partial charge in [0, 0.05) is 13.1 Å². The van der Waals surface area contributed by atoms with Crippen molar-refractivity contribution in [2.45, 2.75) is 0 Å². The van der Waals surface area contributed by atoms with Gasteiger partial charge in [-0.15, -0.1) is 0 Å². The molecule has 7 nitrogen and oxygen atoms in total. The Kier molecular flexibility index (Phi) is 5.21. The molecule has 0 aliphatic carbocycles. The van der Waals surface area contributed by atoms with E-state index in [9.17, 15) is 9.59 Å². The second-order valence-corrected chi connectivity index (χ2v) is 7.55. The van der Waals surface area contributed by atoms with E-state index in [1.54, 1.807) is 49.5 Å². The number of thioether (sulfide) groups is 1. The maximum Gasteiger partial charge on any atom is 0.337 e. The second kappa shape index (κ2) is 7.81. The first-order valence-corrected chi connectivity index (χ1v) is 9.69. The van der Waals surface area contributed by atoms with Gasteiger partial charge in [-0.05, 0) is 53.7 Å². The van der Waals surface area contributed by atoms with E-state index in [0.29, 0.717) is 43.4 Å². The Morgan fingerprint density at radius 3 is 2.62 bits per heavy atom. The zero-order valence-corrected chi connectivity index (χ0v) is 17.0. The fraction of sp³-hybridized carbons (Fsp3) is 0.150. The van der Waals surface area contributed by atoms with Crippen LogP contribution in [0.2, 0.25) is 5.02 Å². The highest BCUT2D eigenvalue weighted by Crippen LogP contribution is 2.40. The first kappa shape index (κ1) is 19.4. The lowest BCUT2D eigenvalue weighted by molar-refractivity contribution is -0.121. The molecule has 1 saturated heterocycles. The smallest absolute Gasteiger partial charge is 0.337 e. The number of carbonyl (C=O) groups is 2. The summed E-state index contributed by atoms with van der Waals surface area (Å²) in [4.78, 5) is 30.6. The molecule has 0 saturated carbocycles. The largest absolute Gasteiger partial charge is 0.465 e. The summed E-state index contributed by atoms with van der Waals surface area (Å²) >= 11 is 7.55. The summed E-state index contributed by atoms with van der Waals surface area (Å²) in [5, 5.41) is 0.977. The third kappa shape index (κ3) is 3.81. The quantitative estimate of drug-likeness (QED) is 0.539. The van der Waals surface area contributed by atoms with Gasteiger partial charge >= 0.3 is 5.97 Å². The fourth-order valence-corrected chi connectivity index (χ4v) is 3.92. The summed E-state index contributed by atoms with van der Waals surface area (Å²) in [6.45, 7) is 0.147. The average molecular weight is 431 g/mol. The average Bonchev–Trinajstić information content (AvgIpc) is 3.28. The van der Waals surface area contributed by atoms with Crippen molar-refractivity contribution >= 4 is 52.2 Å². The van der Waals surface area contributed by atoms with Crippen molar-refractivity contribution in [2.75, 3.05) is 21.0 Å². The van der Waals surface area contributed by atoms with Crippen LogP contribution < -0.4 is 9.47 Å². The number of benzene rings is 2. The molecule has 0 atom stereocenters. The molecule has 2 aliphatic heterocycles. The number of likely N-dealkylation sites (N-methyl/N-ethyl adjacent to an activating group) is 1. The molecule has 0 N–H and O–H groups in total. The van der Waals surface area contributed by atoms with Crippen molar-refractivity contribution in [3.63, 3.8) is 0 Å². The summed E-state index contributed by atoms with van der Waals surface area (Å²) < 4.78 is 15.4. The molecule has 4 rings (SSSR count). The second-order valence-electron chi connectivity index (χ2n) is 6.13. The van der Waals surface area contributed by atoms with Gasteiger partial charge in [0.25, 0.3) is 5.91 Å². The molecule has 1 amide bonds. The predicted octanol–water partition coefficient (Wildman–Crippen LogP) is 4.09. The molecular formula is C20H15ClN2O5S. The molecule has 2 aromatic carbocycles. The van der Waals surface area contributed by atoms with E-state index in [1.807, 2.05) is 0 Å². The summed E-state index contributed by atoms with van der Waals surface area (Å²) in [6.07, 6.45) is 1.71. The minimum absolute atomic E-state index is 0.147. The number of carbonyl (C=O) groups excluding carboxylic acids is 2. The molecule has 2 aliphatic rings. The van der Waals surface area contributed by atoms with Crippen molar-refractivity contribution in [2.24, 2.45) is 4.99 Å². The molecule has 9 heteroatoms. The van der Waals surface area contributed by atoms with Crippen LogP contribution in [0.4, 0.5) is 5.69 Å². The lowest BCUT2D eigenvalue weighted by Crippen LogP contribution is -2.23. The minimum atomic E-state index is -0.419. The van der Waals surface area contributed by atoms with Crippen molar-refractivity contribution < 1.29 is 23.8 Å². The van der Waals surface area contributed by atoms with Crippen LogP contribution in [0.3, 0.4) is 0 Å². The number of nitrogens with zero attached hydrogens (tertiary/aromatic N) is 2. The molecule has 0 radical (unpaired) electrons. The zero-order valence-electron chi connectivity index (χ0n) is 15.5. The zero-order chi connectivity index (χ0) is 20.5. The summed E-state index contributed by atoms with van der Waals surface area (Å²) in [5.74, 6) is 0.563. The Bertz CT molecular complexity index is 1070. The molecule has 0 spiro atoms. The van der Waals surface area contributed by atoms with E-state index in [0.717, 1.165) is 0 Å². The molecule has 2 aromatic rings. The maximum absolute atomic E-state index is 12.6. The molecule has 1 fully saturated rings. The normalized spacial score (nSPS) is 18.0. The van der Waals surface area contributed by atoms with Crippen molar-refractivity contribution in [3.05, 3.63) is 57.5 Å². The van der Waals surface area contributed by atoms with Crippen molar-refractivity contribution in [3.8, 4) is 11.5 Å². The maximum atomic E-state index is 12.6. The van der Waals surface area contributed by atoms with Crippen LogP contribution in [-0.2, 0) is 9.53 Å². The Balaban J connectivity index is 1.60. The molecular weight excluding hydrogens is 416 g/mol. The van der Waals surface area contributed by atoms with Crippen LogP contribution in [0.1, 0.15) is 15.9 Å². The van der Waals surface area contributed by atoms with Crippen molar-refractivity contribution in [1.82, 2.24) is 4.90 Å². The Labute approximate surface area is 175 Å². The van der Waals surface area contributed by atoms with E-state index in [2.05, 4.69) is 9.73 Å². The summed E-state index contributed by atoms with van der Waals surface area (Å²) in [5.41, 5.74) is 1.70. The van der Waals surface area contributed by atoms with Gasteiger partial charge in [0.15, 0.2) is 16.7 Å². The van der Waals surface area contributed by atoms with Gasteiger partial charge in [-0.1, -0.05) is 11.6 Å². The van der Waals surface area contributed by atoms with Gasteiger partial charge in [-0.3, -0.25) is 9.69 Å². The van der Waals surface area contributed by atoms with Gasteiger partial charge < -0.3 is 14.2 Å². The number of aliphatic imine (C=N–C) groups is 1. The SMILES string of the molecule is COC(=O)c1ccc(N=C2SC(=Cc3cc4c(cc3Cl)OCO4)C(=O)N2C)cc1. The first-order valence-electron chi connectivity index (χ1n) is 8.50. The van der Waals surface area contributed by atoms with Gasteiger partial charge in [-0.25, -0.2) is 9.79 Å². The number of hydrogen-bond acceptors (Lipinski definition) is 7. The lowest BCUT2D eigenvalue weighted by Gasteiger charge is -2.07. The first-order chi connectivity index (χ1) is 14.0. The standard InChI is InChI=1S/C20H15ClN2O5S/c1-23-18(24)17(8-12-7-15-16(9-14(12)21)28-10-27-15)29-20(23)22-13-5-3-11(4-6-13)19(25)26-2/h3-9H,10H2,1-2H3. The van der Waals surface area contributed by atoms with E-state index in [-0.39, 0.29) is 12.7 Å². The van der Waals surface area contributed by atoms with Crippen LogP contribution in [0, 0.1) is 0 Å². The van der Waals surface area contributed by atoms with Gasteiger partial charge in [0.05, 0.1) is 28.3 Å². The Morgan fingerprint density at radius 1 is 1.24 bits per heavy atom. The minimum Gasteiger partial charge on any atom is -0.465 e. The molecule has 2 heterocycles. The Hall–Kier alpha value is -2.97. The van der Waals surface area contributed by atoms with Gasteiger partial charge in [0.2, 0.25) is 6.79 Å². The molecule has 0 unspecified atom stereocenters. The number of fused-ring (bicyclic) bond motifs is 1. The highest BCUT2D eigenvalue weighted by Gasteiger charge is 2.31. The monoisotopic (exact) mass is 430 g/mol. The number of rotatable bonds is 3. The topological polar surface area (TPSA) is 77.4 Å². The molecule has 0 aromatic heterocycles. The fourth-order valence-electron chi connectivity index (χ4n) is 2.74. The Morgan fingerprint density at radius 2 is 1.93 bits per heavy atom. The van der Waals surface area contributed by atoms with E-state index >= 15 is 0 Å². The van der Waals surface area contributed by atoms with Crippen LogP contribution in [0.5, 0.6) is 11.5 Å². The van der Waals surface area contributed by atoms with Gasteiger partial charge in [-0.2, -0.15) is 0 Å². The van der Waals surface area contributed by atoms with Gasteiger partial charge in [0.1, 0.15) is 0 Å². The van der Waals surface area contributed by atoms with Crippen LogP contribution in [-0.4, -0.2) is 42.9 Å². The highest BCUT2D eigenvalue weighted by atomic mass is 35.5. The van der Waals surface area contributed by atoms with Crippen molar-refractivity contribution in [1.29, 1.82) is 0 Å². The summed E-state index contributed by atoms with van der Waals surface area (Å²) in [7, 11) is 2.98. The molecule has 0 bridgehead atoms.